The summed E-state index contributed by atoms with van der Waals surface area (Å²) < 4.78 is 4.80. The molecule has 0 aliphatic rings. The van der Waals surface area contributed by atoms with Gasteiger partial charge in [-0.05, 0) is 55.0 Å². The molecule has 2 N–H and O–H groups in total. The molecule has 1 amide bonds. The van der Waals surface area contributed by atoms with Gasteiger partial charge >= 0.3 is 5.97 Å². The predicted molar refractivity (Wildman–Crippen MR) is 107 cm³/mol. The second-order valence-corrected chi connectivity index (χ2v) is 6.01. The Balaban J connectivity index is 1.72. The Kier molecular flexibility index (Phi) is 5.52. The molecule has 5 heteroatoms. The lowest BCUT2D eigenvalue weighted by Crippen LogP contribution is -2.13. The number of methoxy groups -OCH3 is 1. The summed E-state index contributed by atoms with van der Waals surface area (Å²) in [6.07, 6.45) is 0. The largest absolute Gasteiger partial charge is 0.465 e. The summed E-state index contributed by atoms with van der Waals surface area (Å²) in [6, 6.07) is 21.8. The van der Waals surface area contributed by atoms with Gasteiger partial charge < -0.3 is 15.4 Å². The maximum Gasteiger partial charge on any atom is 0.339 e. The van der Waals surface area contributed by atoms with E-state index in [9.17, 15) is 9.59 Å². The number of carbonyl (C=O) groups is 2. The zero-order valence-electron chi connectivity index (χ0n) is 15.2. The van der Waals surface area contributed by atoms with Crippen molar-refractivity contribution in [3.05, 3.63) is 89.5 Å². The number of hydrogen-bond donors (Lipinski definition) is 2. The van der Waals surface area contributed by atoms with E-state index < -0.39 is 5.97 Å². The third-order valence-electron chi connectivity index (χ3n) is 4.14. The molecule has 0 aliphatic carbocycles. The minimum absolute atomic E-state index is 0.148. The maximum atomic E-state index is 12.4. The summed E-state index contributed by atoms with van der Waals surface area (Å²) in [5, 5.41) is 6.08. The molecule has 3 aromatic carbocycles. The van der Waals surface area contributed by atoms with E-state index >= 15 is 0 Å². The molecule has 0 radical (unpaired) electrons. The number of benzene rings is 3. The molecule has 3 rings (SSSR count). The molecular weight excluding hydrogens is 340 g/mol. The monoisotopic (exact) mass is 360 g/mol. The second kappa shape index (κ2) is 8.19. The number of hydrogen-bond acceptors (Lipinski definition) is 4. The lowest BCUT2D eigenvalue weighted by atomic mass is 10.1. The van der Waals surface area contributed by atoms with Crippen molar-refractivity contribution in [2.45, 2.75) is 6.92 Å². The van der Waals surface area contributed by atoms with Gasteiger partial charge in [0.2, 0.25) is 0 Å². The number of anilines is 3. The van der Waals surface area contributed by atoms with Crippen molar-refractivity contribution >= 4 is 28.9 Å². The van der Waals surface area contributed by atoms with Gasteiger partial charge in [0, 0.05) is 16.9 Å². The molecule has 3 aromatic rings. The molecule has 0 unspecified atom stereocenters. The van der Waals surface area contributed by atoms with Crippen molar-refractivity contribution in [1.82, 2.24) is 0 Å². The highest BCUT2D eigenvalue weighted by atomic mass is 16.5. The zero-order valence-corrected chi connectivity index (χ0v) is 15.2. The number of nitrogens with one attached hydrogen (secondary N) is 2. The second-order valence-electron chi connectivity index (χ2n) is 6.01. The van der Waals surface area contributed by atoms with E-state index in [1.807, 2.05) is 43.3 Å². The summed E-state index contributed by atoms with van der Waals surface area (Å²) in [5.41, 5.74) is 4.16. The summed E-state index contributed by atoms with van der Waals surface area (Å²) in [6.45, 7) is 1.90. The third kappa shape index (κ3) is 4.33. The van der Waals surface area contributed by atoms with Crippen molar-refractivity contribution in [2.75, 3.05) is 17.7 Å². The van der Waals surface area contributed by atoms with Gasteiger partial charge in [0.05, 0.1) is 18.4 Å². The highest BCUT2D eigenvalue weighted by molar-refractivity contribution is 6.05. The van der Waals surface area contributed by atoms with E-state index in [0.29, 0.717) is 22.5 Å². The zero-order chi connectivity index (χ0) is 19.2. The number of para-hydroxylation sites is 1. The lowest BCUT2D eigenvalue weighted by molar-refractivity contribution is 0.0601. The Bertz CT molecular complexity index is 965. The van der Waals surface area contributed by atoms with Crippen LogP contribution in [0.25, 0.3) is 0 Å². The van der Waals surface area contributed by atoms with Gasteiger partial charge in [-0.15, -0.1) is 0 Å². The number of aryl methyl sites for hydroxylation is 1. The minimum atomic E-state index is -0.403. The first-order chi connectivity index (χ1) is 13.1. The van der Waals surface area contributed by atoms with Crippen LogP contribution >= 0.6 is 0 Å². The molecular formula is C22H20N2O3. The molecule has 0 saturated carbocycles. The molecule has 0 aliphatic heterocycles. The average molecular weight is 360 g/mol. The van der Waals surface area contributed by atoms with Crippen molar-refractivity contribution in [1.29, 1.82) is 0 Å². The number of esters is 1. The van der Waals surface area contributed by atoms with E-state index in [2.05, 4.69) is 10.6 Å². The Labute approximate surface area is 158 Å². The van der Waals surface area contributed by atoms with E-state index in [1.165, 1.54) is 7.11 Å². The van der Waals surface area contributed by atoms with Crippen LogP contribution in [0.3, 0.4) is 0 Å². The van der Waals surface area contributed by atoms with Gasteiger partial charge in [-0.1, -0.05) is 30.3 Å². The quantitative estimate of drug-likeness (QED) is 0.643. The summed E-state index contributed by atoms with van der Waals surface area (Å²) >= 11 is 0. The number of carbonyl (C=O) groups excluding carboxylic acids is 2. The summed E-state index contributed by atoms with van der Waals surface area (Å²) in [5.74, 6) is -0.551. The van der Waals surface area contributed by atoms with Crippen LogP contribution in [0.1, 0.15) is 26.3 Å². The average Bonchev–Trinajstić information content (AvgIpc) is 2.69. The van der Waals surface area contributed by atoms with Crippen molar-refractivity contribution < 1.29 is 14.3 Å². The minimum Gasteiger partial charge on any atom is -0.465 e. The number of ether oxygens (including phenoxy) is 1. The van der Waals surface area contributed by atoms with Gasteiger partial charge in [0.25, 0.3) is 5.91 Å². The summed E-state index contributed by atoms with van der Waals surface area (Å²) in [7, 11) is 1.35. The molecule has 0 bridgehead atoms. The van der Waals surface area contributed by atoms with Crippen LogP contribution < -0.4 is 10.6 Å². The summed E-state index contributed by atoms with van der Waals surface area (Å²) in [4.78, 5) is 24.2. The molecule has 0 heterocycles. The van der Waals surface area contributed by atoms with Crippen LogP contribution in [0, 0.1) is 6.92 Å². The van der Waals surface area contributed by atoms with Crippen LogP contribution in [0.4, 0.5) is 17.1 Å². The molecule has 136 valence electrons. The van der Waals surface area contributed by atoms with Crippen molar-refractivity contribution in [3.8, 4) is 0 Å². The molecule has 27 heavy (non-hydrogen) atoms. The fourth-order valence-electron chi connectivity index (χ4n) is 2.70. The van der Waals surface area contributed by atoms with Gasteiger partial charge in [-0.2, -0.15) is 0 Å². The Morgan fingerprint density at radius 3 is 2.04 bits per heavy atom. The predicted octanol–water partition coefficient (Wildman–Crippen LogP) is 4.78. The van der Waals surface area contributed by atoms with Crippen molar-refractivity contribution in [2.24, 2.45) is 0 Å². The first kappa shape index (κ1) is 18.2. The normalized spacial score (nSPS) is 10.1. The van der Waals surface area contributed by atoms with Crippen LogP contribution in [0.15, 0.2) is 72.8 Å². The van der Waals surface area contributed by atoms with E-state index in [1.54, 1.807) is 36.4 Å². The van der Waals surface area contributed by atoms with Gasteiger partial charge in [-0.25, -0.2) is 4.79 Å². The smallest absolute Gasteiger partial charge is 0.339 e. The fraction of sp³-hybridized carbons (Fsp3) is 0.0909. The molecule has 0 saturated heterocycles. The van der Waals surface area contributed by atoms with Crippen LogP contribution in [-0.2, 0) is 4.74 Å². The third-order valence-corrected chi connectivity index (χ3v) is 4.14. The first-order valence-corrected chi connectivity index (χ1v) is 8.50. The van der Waals surface area contributed by atoms with Gasteiger partial charge in [0.15, 0.2) is 0 Å². The maximum absolute atomic E-state index is 12.4. The molecule has 0 fully saturated rings. The standard InChI is InChI=1S/C22H20N2O3/c1-15-7-3-4-8-18(15)21(25)24-17-13-11-16(12-14-17)23-20-10-6-5-9-19(20)22(26)27-2/h3-14,23H,1-2H3,(H,24,25). The van der Waals surface area contributed by atoms with Crippen molar-refractivity contribution in [3.63, 3.8) is 0 Å². The molecule has 5 nitrogen and oxygen atoms in total. The molecule has 0 aromatic heterocycles. The Hall–Kier alpha value is -3.60. The van der Waals surface area contributed by atoms with Crippen LogP contribution in [0.5, 0.6) is 0 Å². The fourth-order valence-corrected chi connectivity index (χ4v) is 2.70. The van der Waals surface area contributed by atoms with E-state index in [0.717, 1.165) is 11.3 Å². The van der Waals surface area contributed by atoms with E-state index in [-0.39, 0.29) is 5.91 Å². The lowest BCUT2D eigenvalue weighted by Gasteiger charge is -2.12. The molecule has 0 spiro atoms. The highest BCUT2D eigenvalue weighted by Gasteiger charge is 2.11. The van der Waals surface area contributed by atoms with E-state index in [4.69, 9.17) is 4.74 Å². The molecule has 0 atom stereocenters. The van der Waals surface area contributed by atoms with Crippen LogP contribution in [-0.4, -0.2) is 19.0 Å². The number of amides is 1. The van der Waals surface area contributed by atoms with Gasteiger partial charge in [-0.3, -0.25) is 4.79 Å². The Morgan fingerprint density at radius 2 is 1.37 bits per heavy atom. The SMILES string of the molecule is COC(=O)c1ccccc1Nc1ccc(NC(=O)c2ccccc2C)cc1. The number of rotatable bonds is 5. The topological polar surface area (TPSA) is 67.4 Å². The Morgan fingerprint density at radius 1 is 0.778 bits per heavy atom. The first-order valence-electron chi connectivity index (χ1n) is 8.50. The highest BCUT2D eigenvalue weighted by Crippen LogP contribution is 2.23. The van der Waals surface area contributed by atoms with Gasteiger partial charge in [0.1, 0.15) is 0 Å². The van der Waals surface area contributed by atoms with Crippen LogP contribution in [0.2, 0.25) is 0 Å².